The first-order chi connectivity index (χ1) is 15.1. The standard InChI is InChI=1S/C24H32N4O3.HI/c1-5-27(16-18-9-7-6-8-10-18)23(29)15-26-24(25-2)28-12-11-19-13-21(30-3)22(31-4)14-20(19)17-28;/h6-10,13-14H,5,11-12,15-17H2,1-4H3,(H,25,26);1H. The first-order valence-electron chi connectivity index (χ1n) is 10.6. The lowest BCUT2D eigenvalue weighted by Crippen LogP contribution is -2.47. The Morgan fingerprint density at radius 2 is 1.78 bits per heavy atom. The third-order valence-corrected chi connectivity index (χ3v) is 5.58. The molecular weight excluding hydrogens is 519 g/mol. The van der Waals surface area contributed by atoms with Crippen LogP contribution in [0, 0.1) is 0 Å². The minimum absolute atomic E-state index is 0. The Labute approximate surface area is 207 Å². The third kappa shape index (κ3) is 6.27. The molecule has 0 aromatic heterocycles. The van der Waals surface area contributed by atoms with Gasteiger partial charge in [0.15, 0.2) is 17.5 Å². The Kier molecular flexibility index (Phi) is 10.1. The molecule has 0 radical (unpaired) electrons. The van der Waals surface area contributed by atoms with Crippen molar-refractivity contribution in [1.29, 1.82) is 0 Å². The molecule has 8 heteroatoms. The van der Waals surface area contributed by atoms with Gasteiger partial charge >= 0.3 is 0 Å². The smallest absolute Gasteiger partial charge is 0.242 e. The number of benzene rings is 2. The van der Waals surface area contributed by atoms with Gasteiger partial charge in [-0.25, -0.2) is 0 Å². The Morgan fingerprint density at radius 3 is 2.38 bits per heavy atom. The zero-order chi connectivity index (χ0) is 22.2. The van der Waals surface area contributed by atoms with Crippen LogP contribution in [0.25, 0.3) is 0 Å². The van der Waals surface area contributed by atoms with Crippen molar-refractivity contribution >= 4 is 35.8 Å². The van der Waals surface area contributed by atoms with Crippen LogP contribution < -0.4 is 14.8 Å². The van der Waals surface area contributed by atoms with E-state index in [-0.39, 0.29) is 36.4 Å². The third-order valence-electron chi connectivity index (χ3n) is 5.58. The molecule has 7 nitrogen and oxygen atoms in total. The van der Waals surface area contributed by atoms with E-state index in [9.17, 15) is 4.79 Å². The van der Waals surface area contributed by atoms with E-state index in [4.69, 9.17) is 9.47 Å². The van der Waals surface area contributed by atoms with Gasteiger partial charge in [-0.3, -0.25) is 9.79 Å². The van der Waals surface area contributed by atoms with E-state index in [1.807, 2.05) is 54.3 Å². The highest BCUT2D eigenvalue weighted by Crippen LogP contribution is 2.33. The quantitative estimate of drug-likeness (QED) is 0.325. The lowest BCUT2D eigenvalue weighted by Gasteiger charge is -2.32. The number of aliphatic imine (C=N–C) groups is 1. The first kappa shape index (κ1) is 25.8. The van der Waals surface area contributed by atoms with Crippen LogP contribution in [-0.2, 0) is 24.3 Å². The van der Waals surface area contributed by atoms with Crippen LogP contribution in [0.1, 0.15) is 23.6 Å². The molecule has 0 aliphatic carbocycles. The molecule has 1 heterocycles. The number of fused-ring (bicyclic) bond motifs is 1. The van der Waals surface area contributed by atoms with Gasteiger partial charge in [0.1, 0.15) is 0 Å². The number of carbonyl (C=O) groups excluding carboxylic acids is 1. The Balaban J connectivity index is 0.00000363. The number of likely N-dealkylation sites (N-methyl/N-ethyl adjacent to an activating group) is 1. The monoisotopic (exact) mass is 552 g/mol. The summed E-state index contributed by atoms with van der Waals surface area (Å²) in [7, 11) is 5.05. The number of hydrogen-bond acceptors (Lipinski definition) is 4. The van der Waals surface area contributed by atoms with Crippen molar-refractivity contribution in [2.24, 2.45) is 4.99 Å². The van der Waals surface area contributed by atoms with Gasteiger partial charge in [-0.1, -0.05) is 30.3 Å². The summed E-state index contributed by atoms with van der Waals surface area (Å²) < 4.78 is 10.9. The molecule has 2 aromatic carbocycles. The van der Waals surface area contributed by atoms with Gasteiger partial charge in [0.05, 0.1) is 20.8 Å². The summed E-state index contributed by atoms with van der Waals surface area (Å²) in [5.41, 5.74) is 3.55. The molecule has 1 aliphatic heterocycles. The number of nitrogens with zero attached hydrogens (tertiary/aromatic N) is 3. The fourth-order valence-corrected chi connectivity index (χ4v) is 3.84. The predicted octanol–water partition coefficient (Wildman–Crippen LogP) is 3.30. The second kappa shape index (κ2) is 12.5. The number of carbonyl (C=O) groups is 1. The van der Waals surface area contributed by atoms with E-state index in [1.54, 1.807) is 21.3 Å². The topological polar surface area (TPSA) is 66.4 Å². The van der Waals surface area contributed by atoms with Gasteiger partial charge in [0, 0.05) is 33.2 Å². The molecule has 2 aromatic rings. The predicted molar refractivity (Wildman–Crippen MR) is 138 cm³/mol. The average molecular weight is 552 g/mol. The molecule has 1 aliphatic rings. The lowest BCUT2D eigenvalue weighted by atomic mass is 9.99. The molecular formula is C24H33IN4O3. The van der Waals surface area contributed by atoms with E-state index in [2.05, 4.69) is 15.2 Å². The molecule has 3 rings (SSSR count). The Morgan fingerprint density at radius 1 is 1.12 bits per heavy atom. The highest BCUT2D eigenvalue weighted by atomic mass is 127. The maximum atomic E-state index is 12.8. The van der Waals surface area contributed by atoms with Crippen LogP contribution in [0.3, 0.4) is 0 Å². The molecule has 0 bridgehead atoms. The van der Waals surface area contributed by atoms with E-state index in [0.717, 1.165) is 36.0 Å². The zero-order valence-corrected chi connectivity index (χ0v) is 21.6. The van der Waals surface area contributed by atoms with Crippen molar-refractivity contribution in [2.75, 3.05) is 40.9 Å². The minimum Gasteiger partial charge on any atom is -0.493 e. The largest absolute Gasteiger partial charge is 0.493 e. The number of ether oxygens (including phenoxy) is 2. The van der Waals surface area contributed by atoms with Crippen molar-refractivity contribution in [3.8, 4) is 11.5 Å². The van der Waals surface area contributed by atoms with Crippen molar-refractivity contribution < 1.29 is 14.3 Å². The summed E-state index contributed by atoms with van der Waals surface area (Å²) in [5.74, 6) is 2.25. The number of halogens is 1. The molecule has 174 valence electrons. The van der Waals surface area contributed by atoms with Crippen LogP contribution in [0.2, 0.25) is 0 Å². The van der Waals surface area contributed by atoms with E-state index < -0.39 is 0 Å². The molecule has 0 atom stereocenters. The number of nitrogens with one attached hydrogen (secondary N) is 1. The fraction of sp³-hybridized carbons (Fsp3) is 0.417. The average Bonchev–Trinajstić information content (AvgIpc) is 2.82. The second-order valence-electron chi connectivity index (χ2n) is 7.44. The maximum absolute atomic E-state index is 12.8. The summed E-state index contributed by atoms with van der Waals surface area (Å²) in [6.45, 7) is 4.99. The first-order valence-corrected chi connectivity index (χ1v) is 10.6. The summed E-state index contributed by atoms with van der Waals surface area (Å²) in [6.07, 6.45) is 0.874. The fourth-order valence-electron chi connectivity index (χ4n) is 3.84. The number of amides is 1. The number of rotatable bonds is 7. The van der Waals surface area contributed by atoms with Gasteiger partial charge in [0.2, 0.25) is 5.91 Å². The SMILES string of the molecule is CCN(Cc1ccccc1)C(=O)CNC(=NC)N1CCc2cc(OC)c(OC)cc2C1.I. The van der Waals surface area contributed by atoms with Crippen LogP contribution in [0.5, 0.6) is 11.5 Å². The summed E-state index contributed by atoms with van der Waals surface area (Å²) >= 11 is 0. The molecule has 0 unspecified atom stereocenters. The molecule has 0 saturated heterocycles. The Hall–Kier alpha value is -2.49. The van der Waals surface area contributed by atoms with Gasteiger partial charge in [0.25, 0.3) is 0 Å². The minimum atomic E-state index is 0. The van der Waals surface area contributed by atoms with Crippen LogP contribution in [-0.4, -0.2) is 62.6 Å². The highest BCUT2D eigenvalue weighted by Gasteiger charge is 2.22. The number of methoxy groups -OCH3 is 2. The van der Waals surface area contributed by atoms with Gasteiger partial charge < -0.3 is 24.6 Å². The summed E-state index contributed by atoms with van der Waals surface area (Å²) in [5, 5.41) is 3.25. The van der Waals surface area contributed by atoms with E-state index >= 15 is 0 Å². The van der Waals surface area contributed by atoms with Crippen molar-refractivity contribution in [2.45, 2.75) is 26.4 Å². The van der Waals surface area contributed by atoms with Crippen LogP contribution >= 0.6 is 24.0 Å². The molecule has 0 saturated carbocycles. The normalized spacial score (nSPS) is 13.0. The highest BCUT2D eigenvalue weighted by molar-refractivity contribution is 14.0. The van der Waals surface area contributed by atoms with E-state index in [0.29, 0.717) is 19.6 Å². The van der Waals surface area contributed by atoms with Crippen molar-refractivity contribution in [3.05, 3.63) is 59.2 Å². The summed E-state index contributed by atoms with van der Waals surface area (Å²) in [6, 6.07) is 14.1. The van der Waals surface area contributed by atoms with Crippen molar-refractivity contribution in [3.63, 3.8) is 0 Å². The second-order valence-corrected chi connectivity index (χ2v) is 7.44. The number of guanidine groups is 1. The molecule has 1 amide bonds. The zero-order valence-electron chi connectivity index (χ0n) is 19.3. The van der Waals surface area contributed by atoms with E-state index in [1.165, 1.54) is 11.1 Å². The Bertz CT molecular complexity index is 921. The molecule has 1 N–H and O–H groups in total. The van der Waals surface area contributed by atoms with Gasteiger partial charge in [-0.05, 0) is 42.2 Å². The van der Waals surface area contributed by atoms with Gasteiger partial charge in [-0.2, -0.15) is 0 Å². The molecule has 0 fully saturated rings. The molecule has 32 heavy (non-hydrogen) atoms. The lowest BCUT2D eigenvalue weighted by molar-refractivity contribution is -0.130. The maximum Gasteiger partial charge on any atom is 0.242 e. The van der Waals surface area contributed by atoms with Crippen LogP contribution in [0.15, 0.2) is 47.5 Å². The van der Waals surface area contributed by atoms with Crippen LogP contribution in [0.4, 0.5) is 0 Å². The van der Waals surface area contributed by atoms with Crippen molar-refractivity contribution in [1.82, 2.24) is 15.1 Å². The van der Waals surface area contributed by atoms with Gasteiger partial charge in [-0.15, -0.1) is 24.0 Å². The number of hydrogen-bond donors (Lipinski definition) is 1. The molecule has 0 spiro atoms. The summed E-state index contributed by atoms with van der Waals surface area (Å²) in [4.78, 5) is 21.2.